The lowest BCUT2D eigenvalue weighted by Crippen LogP contribution is -2.29. The second-order valence-corrected chi connectivity index (χ2v) is 6.18. The number of pyridine rings is 1. The lowest BCUT2D eigenvalue weighted by Gasteiger charge is -2.34. The van der Waals surface area contributed by atoms with Crippen LogP contribution in [0, 0.1) is 5.92 Å². The van der Waals surface area contributed by atoms with E-state index in [0.29, 0.717) is 17.9 Å². The number of hydrogen-bond acceptors (Lipinski definition) is 3. The van der Waals surface area contributed by atoms with Gasteiger partial charge in [0.15, 0.2) is 5.65 Å². The van der Waals surface area contributed by atoms with Crippen LogP contribution in [0.15, 0.2) is 12.3 Å². The van der Waals surface area contributed by atoms with Crippen molar-refractivity contribution in [3.05, 3.63) is 23.0 Å². The molecule has 0 aliphatic heterocycles. The number of aliphatic hydroxyl groups excluding tert-OH is 1. The van der Waals surface area contributed by atoms with Crippen molar-refractivity contribution in [2.45, 2.75) is 37.6 Å². The third-order valence-electron chi connectivity index (χ3n) is 4.35. The summed E-state index contributed by atoms with van der Waals surface area (Å²) in [7, 11) is 0. The first kappa shape index (κ1) is 11.7. The van der Waals surface area contributed by atoms with Crippen molar-refractivity contribution in [3.63, 3.8) is 0 Å². The molecule has 0 spiro atoms. The molecule has 2 fully saturated rings. The quantitative estimate of drug-likeness (QED) is 0.938. The molecule has 0 atom stereocenters. The fourth-order valence-corrected chi connectivity index (χ4v) is 3.24. The first-order valence-electron chi connectivity index (χ1n) is 6.91. The molecule has 2 aromatic heterocycles. The van der Waals surface area contributed by atoms with Crippen LogP contribution in [-0.2, 0) is 0 Å². The van der Waals surface area contributed by atoms with E-state index in [4.69, 9.17) is 21.8 Å². The van der Waals surface area contributed by atoms with Crippen molar-refractivity contribution < 1.29 is 5.11 Å². The van der Waals surface area contributed by atoms with Crippen LogP contribution in [0.3, 0.4) is 0 Å². The Morgan fingerprint density at radius 1 is 1.37 bits per heavy atom. The third kappa shape index (κ3) is 1.77. The maximum absolute atomic E-state index is 9.15. The zero-order valence-corrected chi connectivity index (χ0v) is 11.3. The van der Waals surface area contributed by atoms with E-state index in [2.05, 4.69) is 4.98 Å². The molecule has 5 heteroatoms. The first-order chi connectivity index (χ1) is 9.28. The second kappa shape index (κ2) is 4.18. The fraction of sp³-hybridized carbons (Fsp3) is 0.571. The minimum absolute atomic E-state index is 0.277. The molecular formula is C14H16ClN3O. The minimum atomic E-state index is 0.277. The molecule has 0 saturated heterocycles. The van der Waals surface area contributed by atoms with Gasteiger partial charge in [0.2, 0.25) is 0 Å². The Morgan fingerprint density at radius 2 is 2.16 bits per heavy atom. The summed E-state index contributed by atoms with van der Waals surface area (Å²) in [4.78, 5) is 4.48. The zero-order valence-electron chi connectivity index (χ0n) is 10.6. The number of hydrogen-bond donors (Lipinski definition) is 1. The van der Waals surface area contributed by atoms with Gasteiger partial charge in [0.25, 0.3) is 0 Å². The predicted octanol–water partition coefficient (Wildman–Crippen LogP) is 2.91. The highest BCUT2D eigenvalue weighted by Gasteiger charge is 2.35. The normalized spacial score (nSPS) is 26.6. The van der Waals surface area contributed by atoms with Crippen molar-refractivity contribution in [1.29, 1.82) is 0 Å². The number of nitrogens with zero attached hydrogens (tertiary/aromatic N) is 3. The summed E-state index contributed by atoms with van der Waals surface area (Å²) in [5.74, 6) is 0.993. The average molecular weight is 278 g/mol. The first-order valence-corrected chi connectivity index (χ1v) is 7.29. The topological polar surface area (TPSA) is 50.9 Å². The molecule has 2 aliphatic rings. The summed E-state index contributed by atoms with van der Waals surface area (Å²) in [6.45, 7) is 0.277. The summed E-state index contributed by atoms with van der Waals surface area (Å²) in [6, 6.07) is 2.22. The fourth-order valence-electron chi connectivity index (χ4n) is 3.00. The molecule has 2 aliphatic carbocycles. The van der Waals surface area contributed by atoms with Crippen LogP contribution in [0.4, 0.5) is 0 Å². The van der Waals surface area contributed by atoms with Gasteiger partial charge in [-0.1, -0.05) is 11.6 Å². The maximum atomic E-state index is 9.15. The van der Waals surface area contributed by atoms with Gasteiger partial charge in [-0.05, 0) is 37.7 Å². The van der Waals surface area contributed by atoms with Crippen molar-refractivity contribution >= 4 is 22.6 Å². The van der Waals surface area contributed by atoms with E-state index in [0.717, 1.165) is 34.6 Å². The lowest BCUT2D eigenvalue weighted by molar-refractivity contribution is 0.107. The Hall–Kier alpha value is -1.13. The monoisotopic (exact) mass is 277 g/mol. The van der Waals surface area contributed by atoms with Crippen LogP contribution in [0.25, 0.3) is 11.0 Å². The lowest BCUT2D eigenvalue weighted by atomic mass is 9.81. The smallest absolute Gasteiger partial charge is 0.159 e. The van der Waals surface area contributed by atoms with E-state index >= 15 is 0 Å². The molecule has 4 rings (SSSR count). The maximum Gasteiger partial charge on any atom is 0.159 e. The molecule has 0 radical (unpaired) electrons. The Labute approximate surface area is 116 Å². The summed E-state index contributed by atoms with van der Waals surface area (Å²) >= 11 is 6.34. The number of fused-ring (bicyclic) bond motifs is 1. The van der Waals surface area contributed by atoms with Crippen LogP contribution in [0.2, 0.25) is 5.02 Å². The van der Waals surface area contributed by atoms with Gasteiger partial charge in [-0.15, -0.1) is 0 Å². The highest BCUT2D eigenvalue weighted by Crippen LogP contribution is 2.46. The SMILES string of the molecule is OCC1CC(n2nc(C3CC3)c3c(Cl)ccnc32)C1. The van der Waals surface area contributed by atoms with Gasteiger partial charge >= 0.3 is 0 Å². The second-order valence-electron chi connectivity index (χ2n) is 5.77. The molecule has 0 unspecified atom stereocenters. The summed E-state index contributed by atoms with van der Waals surface area (Å²) in [6.07, 6.45) is 6.15. The molecule has 19 heavy (non-hydrogen) atoms. The van der Waals surface area contributed by atoms with Crippen LogP contribution < -0.4 is 0 Å². The van der Waals surface area contributed by atoms with E-state index in [1.165, 1.54) is 12.8 Å². The molecule has 2 aromatic rings. The summed E-state index contributed by atoms with van der Waals surface area (Å²) in [5.41, 5.74) is 2.04. The van der Waals surface area contributed by atoms with E-state index in [1.807, 2.05) is 10.7 Å². The third-order valence-corrected chi connectivity index (χ3v) is 4.66. The van der Waals surface area contributed by atoms with Gasteiger partial charge in [-0.2, -0.15) is 5.10 Å². The predicted molar refractivity (Wildman–Crippen MR) is 73.4 cm³/mol. The number of aromatic nitrogens is 3. The Bertz CT molecular complexity index is 629. The van der Waals surface area contributed by atoms with Crippen molar-refractivity contribution in [2.24, 2.45) is 5.92 Å². The Balaban J connectivity index is 1.81. The van der Waals surface area contributed by atoms with Gasteiger partial charge in [0, 0.05) is 18.7 Å². The minimum Gasteiger partial charge on any atom is -0.396 e. The van der Waals surface area contributed by atoms with Crippen molar-refractivity contribution in [1.82, 2.24) is 14.8 Å². The molecule has 0 aromatic carbocycles. The van der Waals surface area contributed by atoms with Crippen molar-refractivity contribution in [2.75, 3.05) is 6.61 Å². The van der Waals surface area contributed by atoms with Crippen LogP contribution in [0.1, 0.15) is 43.3 Å². The van der Waals surface area contributed by atoms with Gasteiger partial charge in [-0.3, -0.25) is 0 Å². The average Bonchev–Trinajstić information content (AvgIpc) is 3.12. The van der Waals surface area contributed by atoms with Crippen molar-refractivity contribution in [3.8, 4) is 0 Å². The van der Waals surface area contributed by atoms with Gasteiger partial charge in [0.1, 0.15) is 0 Å². The number of rotatable bonds is 3. The Morgan fingerprint density at radius 3 is 2.84 bits per heavy atom. The van der Waals surface area contributed by atoms with Gasteiger partial charge < -0.3 is 5.11 Å². The molecule has 4 nitrogen and oxygen atoms in total. The van der Waals surface area contributed by atoms with E-state index in [-0.39, 0.29) is 6.61 Å². The van der Waals surface area contributed by atoms with Crippen LogP contribution in [0.5, 0.6) is 0 Å². The summed E-state index contributed by atoms with van der Waals surface area (Å²) < 4.78 is 2.04. The van der Waals surface area contributed by atoms with Crippen LogP contribution >= 0.6 is 11.6 Å². The number of halogens is 1. The zero-order chi connectivity index (χ0) is 13.0. The molecule has 2 saturated carbocycles. The highest BCUT2D eigenvalue weighted by atomic mass is 35.5. The highest BCUT2D eigenvalue weighted by molar-refractivity contribution is 6.35. The molecule has 0 amide bonds. The largest absolute Gasteiger partial charge is 0.396 e. The van der Waals surface area contributed by atoms with E-state index in [9.17, 15) is 0 Å². The van der Waals surface area contributed by atoms with Gasteiger partial charge in [-0.25, -0.2) is 9.67 Å². The van der Waals surface area contributed by atoms with E-state index < -0.39 is 0 Å². The molecular weight excluding hydrogens is 262 g/mol. The number of aliphatic hydroxyl groups is 1. The molecule has 2 heterocycles. The molecule has 0 bridgehead atoms. The molecule has 1 N–H and O–H groups in total. The standard InChI is InChI=1S/C14H16ClN3O/c15-11-3-4-16-14-12(11)13(9-1-2-9)17-18(14)10-5-8(6-10)7-19/h3-4,8-10,19H,1-2,5-7H2. The molecule has 100 valence electrons. The van der Waals surface area contributed by atoms with Crippen LogP contribution in [-0.4, -0.2) is 26.5 Å². The van der Waals surface area contributed by atoms with E-state index in [1.54, 1.807) is 6.20 Å². The summed E-state index contributed by atoms with van der Waals surface area (Å²) in [5, 5.41) is 15.7. The van der Waals surface area contributed by atoms with Gasteiger partial charge in [0.05, 0.1) is 22.1 Å². The Kier molecular flexibility index (Phi) is 2.57.